The number of hydrogen-bond acceptors (Lipinski definition) is 11. The van der Waals surface area contributed by atoms with E-state index in [1.54, 1.807) is 38.1 Å². The number of hydrogen-bond donors (Lipinski definition) is 1. The number of aromatic nitrogens is 6. The molecular weight excluding hydrogens is 550 g/mol. The zero-order chi connectivity index (χ0) is 28.7. The maximum absolute atomic E-state index is 13.6. The van der Waals surface area contributed by atoms with E-state index in [0.29, 0.717) is 33.8 Å². The minimum atomic E-state index is -4.17. The molecule has 0 aliphatic heterocycles. The molecule has 0 unspecified atom stereocenters. The lowest BCUT2D eigenvalue weighted by molar-refractivity contribution is 0.0950. The van der Waals surface area contributed by atoms with Gasteiger partial charge in [-0.15, -0.1) is 10.2 Å². The third-order valence-electron chi connectivity index (χ3n) is 5.70. The second-order valence-electron chi connectivity index (χ2n) is 7.98. The topological polar surface area (TPSA) is 152 Å². The molecule has 0 radical (unpaired) electrons. The van der Waals surface area contributed by atoms with Crippen LogP contribution in [0.25, 0.3) is 17.2 Å². The Morgan fingerprint density at radius 1 is 1.10 bits per heavy atom. The number of sulfonamides is 1. The Morgan fingerprint density at radius 3 is 2.36 bits per heavy atom. The first-order chi connectivity index (χ1) is 18.6. The van der Waals surface area contributed by atoms with Gasteiger partial charge in [0.2, 0.25) is 21.9 Å². The van der Waals surface area contributed by atoms with Crippen molar-refractivity contribution >= 4 is 33.3 Å². The van der Waals surface area contributed by atoms with E-state index < -0.39 is 21.4 Å². The molecule has 3 heterocycles. The van der Waals surface area contributed by atoms with Crippen molar-refractivity contribution in [3.63, 3.8) is 0 Å². The minimum Gasteiger partial charge on any atom is -0.499 e. The maximum atomic E-state index is 13.6. The van der Waals surface area contributed by atoms with E-state index >= 15 is 0 Å². The fraction of sp³-hybridized carbons (Fsp3) is 0.375. The quantitative estimate of drug-likeness (QED) is 0.247. The van der Waals surface area contributed by atoms with Crippen molar-refractivity contribution in [2.75, 3.05) is 33.2 Å². The Kier molecular flexibility index (Phi) is 9.83. The van der Waals surface area contributed by atoms with E-state index in [9.17, 15) is 8.42 Å². The molecule has 15 heteroatoms. The molecular formula is C24H30ClN7O6S. The average Bonchev–Trinajstić information content (AvgIpc) is 3.34. The largest absolute Gasteiger partial charge is 0.499 e. The highest BCUT2D eigenvalue weighted by atomic mass is 35.5. The summed E-state index contributed by atoms with van der Waals surface area (Å²) < 4.78 is 53.0. The molecule has 3 aromatic heterocycles. The highest BCUT2D eigenvalue weighted by Crippen LogP contribution is 2.33. The number of allylic oxidation sites excluding steroid dienone is 3. The SMILES string of the molecule is C/C=C(OC)\C(=C(/C)OC)n1c(NS(=O)(=O)[C@@H](C)[C@@H](OC)c2ncc(Cl)cn2)nnc1-c1cccc(OC)n1. The molecule has 0 spiro atoms. The standard InChI is InChI=1S/C24H30ClN7O6S/c1-8-18(36-5)20(14(2)35-4)32-23(17-10-9-11-19(28-17)37-6)29-30-24(32)31-39(33,34)15(3)21(38-7)22-26-12-16(25)13-27-22/h8-13,15,21H,1-7H3,(H,30,31)/b18-8+,20-14-/t15-,21+/m0/s1. The number of pyridine rings is 1. The van der Waals surface area contributed by atoms with E-state index in [0.717, 1.165) is 0 Å². The van der Waals surface area contributed by atoms with E-state index in [4.69, 9.17) is 30.5 Å². The first-order valence-corrected chi connectivity index (χ1v) is 13.5. The Bertz CT molecular complexity index is 1460. The molecule has 0 saturated heterocycles. The van der Waals surface area contributed by atoms with E-state index in [1.807, 2.05) is 0 Å². The summed E-state index contributed by atoms with van der Waals surface area (Å²) in [6, 6.07) is 5.08. The van der Waals surface area contributed by atoms with Crippen molar-refractivity contribution in [1.82, 2.24) is 29.7 Å². The number of methoxy groups -OCH3 is 4. The molecule has 2 atom stereocenters. The van der Waals surface area contributed by atoms with Crippen LogP contribution in [-0.4, -0.2) is 71.8 Å². The summed E-state index contributed by atoms with van der Waals surface area (Å²) in [5, 5.41) is 7.55. The molecule has 210 valence electrons. The van der Waals surface area contributed by atoms with Gasteiger partial charge < -0.3 is 18.9 Å². The second kappa shape index (κ2) is 12.9. The van der Waals surface area contributed by atoms with Crippen molar-refractivity contribution in [1.29, 1.82) is 0 Å². The van der Waals surface area contributed by atoms with Gasteiger partial charge in [-0.1, -0.05) is 17.7 Å². The number of rotatable bonds is 12. The molecule has 0 bridgehead atoms. The van der Waals surface area contributed by atoms with Crippen LogP contribution in [-0.2, 0) is 24.2 Å². The fourth-order valence-corrected chi connectivity index (χ4v) is 4.86. The lowest BCUT2D eigenvalue weighted by atomic mass is 10.2. The van der Waals surface area contributed by atoms with Gasteiger partial charge in [0.25, 0.3) is 0 Å². The number of nitrogens with zero attached hydrogens (tertiary/aromatic N) is 6. The van der Waals surface area contributed by atoms with Crippen molar-refractivity contribution in [2.45, 2.75) is 32.1 Å². The minimum absolute atomic E-state index is 0.142. The Morgan fingerprint density at radius 2 is 1.79 bits per heavy atom. The van der Waals surface area contributed by atoms with Crippen LogP contribution in [0, 0.1) is 0 Å². The predicted molar refractivity (Wildman–Crippen MR) is 145 cm³/mol. The van der Waals surface area contributed by atoms with Crippen LogP contribution >= 0.6 is 11.6 Å². The zero-order valence-corrected chi connectivity index (χ0v) is 24.1. The third kappa shape index (κ3) is 6.46. The number of anilines is 1. The lowest BCUT2D eigenvalue weighted by Crippen LogP contribution is -2.33. The summed E-state index contributed by atoms with van der Waals surface area (Å²) in [6.07, 6.45) is 3.40. The first-order valence-electron chi connectivity index (χ1n) is 11.6. The van der Waals surface area contributed by atoms with Gasteiger partial charge in [-0.2, -0.15) is 0 Å². The second-order valence-corrected chi connectivity index (χ2v) is 10.5. The molecule has 0 fully saturated rings. The van der Waals surface area contributed by atoms with Crippen LogP contribution in [0.15, 0.2) is 48.2 Å². The number of halogens is 1. The van der Waals surface area contributed by atoms with Gasteiger partial charge in [-0.25, -0.2) is 23.4 Å². The van der Waals surface area contributed by atoms with Crippen molar-refractivity contribution in [3.05, 3.63) is 59.0 Å². The molecule has 3 aromatic rings. The summed E-state index contributed by atoms with van der Waals surface area (Å²) in [6.45, 7) is 4.92. The van der Waals surface area contributed by atoms with Crippen LogP contribution in [0.5, 0.6) is 5.88 Å². The predicted octanol–water partition coefficient (Wildman–Crippen LogP) is 3.70. The van der Waals surface area contributed by atoms with Crippen LogP contribution in [0.3, 0.4) is 0 Å². The van der Waals surface area contributed by atoms with Gasteiger partial charge in [-0.3, -0.25) is 9.29 Å². The van der Waals surface area contributed by atoms with Crippen molar-refractivity contribution < 1.29 is 27.4 Å². The molecule has 0 aliphatic rings. The molecule has 0 aliphatic carbocycles. The molecule has 39 heavy (non-hydrogen) atoms. The van der Waals surface area contributed by atoms with Gasteiger partial charge in [0, 0.05) is 25.6 Å². The lowest BCUT2D eigenvalue weighted by Gasteiger charge is -2.23. The third-order valence-corrected chi connectivity index (χ3v) is 7.59. The van der Waals surface area contributed by atoms with Gasteiger partial charge >= 0.3 is 0 Å². The molecule has 1 N–H and O–H groups in total. The molecule has 13 nitrogen and oxygen atoms in total. The Balaban J connectivity index is 2.18. The van der Waals surface area contributed by atoms with E-state index in [-0.39, 0.29) is 17.6 Å². The average molecular weight is 580 g/mol. The number of nitrogens with one attached hydrogen (secondary N) is 1. The first kappa shape index (κ1) is 29.8. The van der Waals surface area contributed by atoms with Crippen molar-refractivity contribution in [2.24, 2.45) is 0 Å². The fourth-order valence-electron chi connectivity index (χ4n) is 3.63. The van der Waals surface area contributed by atoms with Crippen LogP contribution in [0.1, 0.15) is 32.7 Å². The van der Waals surface area contributed by atoms with Crippen LogP contribution in [0.2, 0.25) is 5.02 Å². The number of ether oxygens (including phenoxy) is 4. The van der Waals surface area contributed by atoms with Crippen LogP contribution < -0.4 is 9.46 Å². The maximum Gasteiger partial charge on any atom is 0.243 e. The van der Waals surface area contributed by atoms with Crippen molar-refractivity contribution in [3.8, 4) is 17.4 Å². The Labute approximate surface area is 231 Å². The molecule has 0 amide bonds. The highest BCUT2D eigenvalue weighted by molar-refractivity contribution is 7.93. The van der Waals surface area contributed by atoms with Crippen LogP contribution in [0.4, 0.5) is 5.95 Å². The summed E-state index contributed by atoms with van der Waals surface area (Å²) in [7, 11) is 1.63. The molecule has 0 saturated carbocycles. The van der Waals surface area contributed by atoms with E-state index in [1.165, 1.54) is 52.3 Å². The molecule has 0 aromatic carbocycles. The normalized spacial score (nSPS) is 14.3. The van der Waals surface area contributed by atoms with Gasteiger partial charge in [0.15, 0.2) is 11.6 Å². The summed E-state index contributed by atoms with van der Waals surface area (Å²) >= 11 is 5.89. The summed E-state index contributed by atoms with van der Waals surface area (Å²) in [4.78, 5) is 12.7. The smallest absolute Gasteiger partial charge is 0.243 e. The van der Waals surface area contributed by atoms with Gasteiger partial charge in [0.1, 0.15) is 34.3 Å². The Hall–Kier alpha value is -3.75. The van der Waals surface area contributed by atoms with Gasteiger partial charge in [0.05, 0.1) is 26.4 Å². The molecule has 3 rings (SSSR count). The summed E-state index contributed by atoms with van der Waals surface area (Å²) in [5.41, 5.74) is 0.708. The summed E-state index contributed by atoms with van der Waals surface area (Å²) in [5.74, 6) is 1.30. The van der Waals surface area contributed by atoms with E-state index in [2.05, 4.69) is 29.9 Å². The zero-order valence-electron chi connectivity index (χ0n) is 22.5. The van der Waals surface area contributed by atoms with Gasteiger partial charge in [-0.05, 0) is 32.9 Å². The monoisotopic (exact) mass is 579 g/mol. The highest BCUT2D eigenvalue weighted by Gasteiger charge is 2.35.